The average Bonchev–Trinajstić information content (AvgIpc) is 2.70. The Balaban J connectivity index is 2.29. The Kier molecular flexibility index (Phi) is 2.84. The van der Waals surface area contributed by atoms with Crippen LogP contribution in [-0.4, -0.2) is 37.2 Å². The van der Waals surface area contributed by atoms with Crippen LogP contribution in [0.4, 0.5) is 0 Å². The normalized spacial score (nSPS) is 47.3. The number of aliphatic hydroxyl groups is 1. The summed E-state index contributed by atoms with van der Waals surface area (Å²) in [6, 6.07) is 0. The molecule has 4 nitrogen and oxygen atoms in total. The van der Waals surface area contributed by atoms with Crippen molar-refractivity contribution in [3.8, 4) is 0 Å². The van der Waals surface area contributed by atoms with E-state index in [-0.39, 0.29) is 16.9 Å². The molecule has 0 spiro atoms. The lowest BCUT2D eigenvalue weighted by Gasteiger charge is -2.41. The summed E-state index contributed by atoms with van der Waals surface area (Å²) in [5.74, 6) is 0.555. The Morgan fingerprint density at radius 3 is 2.50 bits per heavy atom. The van der Waals surface area contributed by atoms with Crippen molar-refractivity contribution in [3.05, 3.63) is 0 Å². The summed E-state index contributed by atoms with van der Waals surface area (Å²) in [5.41, 5.74) is 4.39. The molecule has 5 heteroatoms. The molecular weight excluding hydrogens is 226 g/mol. The molecule has 0 amide bonds. The predicted molar refractivity (Wildman–Crippen MR) is 62.7 cm³/mol. The van der Waals surface area contributed by atoms with Gasteiger partial charge >= 0.3 is 0 Å². The third kappa shape index (κ3) is 1.79. The molecule has 2 fully saturated rings. The van der Waals surface area contributed by atoms with E-state index in [1.165, 1.54) is 0 Å². The first-order valence-electron chi connectivity index (χ1n) is 5.95. The monoisotopic (exact) mass is 247 g/mol. The molecule has 2 rings (SSSR count). The minimum Gasteiger partial charge on any atom is -0.388 e. The summed E-state index contributed by atoms with van der Waals surface area (Å²) in [7, 11) is -3.06. The largest absolute Gasteiger partial charge is 0.388 e. The minimum absolute atomic E-state index is 0.0933. The van der Waals surface area contributed by atoms with E-state index in [1.54, 1.807) is 0 Å². The van der Waals surface area contributed by atoms with E-state index in [2.05, 4.69) is 6.92 Å². The van der Waals surface area contributed by atoms with Gasteiger partial charge in [0.25, 0.3) is 0 Å². The topological polar surface area (TPSA) is 80.4 Å². The quantitative estimate of drug-likeness (QED) is 0.735. The van der Waals surface area contributed by atoms with Gasteiger partial charge in [-0.3, -0.25) is 0 Å². The number of rotatable bonds is 2. The van der Waals surface area contributed by atoms with Crippen LogP contribution in [0.25, 0.3) is 0 Å². The summed E-state index contributed by atoms with van der Waals surface area (Å²) >= 11 is 0. The Morgan fingerprint density at radius 2 is 2.12 bits per heavy atom. The molecule has 3 atom stereocenters. The van der Waals surface area contributed by atoms with Crippen molar-refractivity contribution in [2.75, 3.05) is 18.1 Å². The van der Waals surface area contributed by atoms with E-state index >= 15 is 0 Å². The molecule has 16 heavy (non-hydrogen) atoms. The first-order chi connectivity index (χ1) is 7.33. The summed E-state index contributed by atoms with van der Waals surface area (Å²) < 4.78 is 23.1. The highest BCUT2D eigenvalue weighted by atomic mass is 32.2. The molecule has 1 heterocycles. The van der Waals surface area contributed by atoms with Gasteiger partial charge in [0.1, 0.15) is 0 Å². The van der Waals surface area contributed by atoms with Crippen molar-refractivity contribution in [2.45, 2.75) is 38.2 Å². The number of hydrogen-bond donors (Lipinski definition) is 2. The average molecular weight is 247 g/mol. The second-order valence-electron chi connectivity index (χ2n) is 5.71. The fraction of sp³-hybridized carbons (Fsp3) is 1.00. The van der Waals surface area contributed by atoms with Gasteiger partial charge in [-0.25, -0.2) is 8.42 Å². The van der Waals surface area contributed by atoms with E-state index < -0.39 is 15.4 Å². The van der Waals surface area contributed by atoms with Gasteiger partial charge < -0.3 is 10.8 Å². The number of hydrogen-bond acceptors (Lipinski definition) is 4. The lowest BCUT2D eigenvalue weighted by molar-refractivity contribution is -0.0582. The van der Waals surface area contributed by atoms with Crippen molar-refractivity contribution >= 4 is 9.84 Å². The van der Waals surface area contributed by atoms with Gasteiger partial charge in [0, 0.05) is 12.0 Å². The molecule has 0 bridgehead atoms. The summed E-state index contributed by atoms with van der Waals surface area (Å²) in [6.45, 7) is 2.54. The molecule has 3 N–H and O–H groups in total. The van der Waals surface area contributed by atoms with Crippen LogP contribution in [0.2, 0.25) is 0 Å². The highest BCUT2D eigenvalue weighted by Gasteiger charge is 2.57. The molecule has 0 aromatic rings. The SMILES string of the molecule is CC1CCC(CN)(C2(O)CCS(=O)(=O)C2)C1. The third-order valence-electron chi connectivity index (χ3n) is 4.52. The predicted octanol–water partition coefficient (Wildman–Crippen LogP) is 0.301. The molecule has 1 aliphatic heterocycles. The van der Waals surface area contributed by atoms with Crippen LogP contribution in [0.3, 0.4) is 0 Å². The van der Waals surface area contributed by atoms with Crippen LogP contribution >= 0.6 is 0 Å². The first kappa shape index (κ1) is 12.3. The van der Waals surface area contributed by atoms with Crippen LogP contribution in [0.1, 0.15) is 32.6 Å². The number of sulfone groups is 1. The maximum Gasteiger partial charge on any atom is 0.153 e. The second-order valence-corrected chi connectivity index (χ2v) is 7.89. The van der Waals surface area contributed by atoms with Crippen molar-refractivity contribution in [1.82, 2.24) is 0 Å². The van der Waals surface area contributed by atoms with Gasteiger partial charge in [-0.15, -0.1) is 0 Å². The Labute approximate surface area is 97.1 Å². The van der Waals surface area contributed by atoms with Crippen molar-refractivity contribution < 1.29 is 13.5 Å². The van der Waals surface area contributed by atoms with Crippen LogP contribution in [-0.2, 0) is 9.84 Å². The van der Waals surface area contributed by atoms with Crippen LogP contribution < -0.4 is 5.73 Å². The molecular formula is C11H21NO3S. The molecule has 0 radical (unpaired) electrons. The standard InChI is InChI=1S/C11H21NO3S/c1-9-2-3-10(6-9,7-12)11(13)4-5-16(14,15)8-11/h9,13H,2-8,12H2,1H3. The van der Waals surface area contributed by atoms with Gasteiger partial charge in [-0.05, 0) is 25.2 Å². The second kappa shape index (κ2) is 3.68. The highest BCUT2D eigenvalue weighted by Crippen LogP contribution is 2.52. The molecule has 3 unspecified atom stereocenters. The third-order valence-corrected chi connectivity index (χ3v) is 6.26. The zero-order valence-electron chi connectivity index (χ0n) is 9.78. The lowest BCUT2D eigenvalue weighted by Crippen LogP contribution is -2.52. The van der Waals surface area contributed by atoms with E-state index in [4.69, 9.17) is 5.73 Å². The molecule has 1 saturated carbocycles. The van der Waals surface area contributed by atoms with Crippen LogP contribution in [0, 0.1) is 11.3 Å². The molecule has 2 aliphatic rings. The molecule has 1 saturated heterocycles. The summed E-state index contributed by atoms with van der Waals surface area (Å²) in [5, 5.41) is 10.6. The van der Waals surface area contributed by atoms with Gasteiger partial charge in [-0.1, -0.05) is 13.3 Å². The molecule has 1 aliphatic carbocycles. The summed E-state index contributed by atoms with van der Waals surface area (Å²) in [6.07, 6.45) is 3.12. The maximum absolute atomic E-state index is 11.5. The summed E-state index contributed by atoms with van der Waals surface area (Å²) in [4.78, 5) is 0. The Hall–Kier alpha value is -0.130. The Morgan fingerprint density at radius 1 is 1.44 bits per heavy atom. The van der Waals surface area contributed by atoms with Gasteiger partial charge in [0.15, 0.2) is 9.84 Å². The van der Waals surface area contributed by atoms with E-state index in [0.29, 0.717) is 18.9 Å². The molecule has 0 aromatic carbocycles. The first-order valence-corrected chi connectivity index (χ1v) is 7.78. The van der Waals surface area contributed by atoms with E-state index in [9.17, 15) is 13.5 Å². The van der Waals surface area contributed by atoms with Crippen molar-refractivity contribution in [2.24, 2.45) is 17.1 Å². The zero-order valence-corrected chi connectivity index (χ0v) is 10.6. The van der Waals surface area contributed by atoms with E-state index in [0.717, 1.165) is 19.3 Å². The maximum atomic E-state index is 11.5. The Bertz CT molecular complexity index is 381. The van der Waals surface area contributed by atoms with Gasteiger partial charge in [-0.2, -0.15) is 0 Å². The van der Waals surface area contributed by atoms with Crippen LogP contribution in [0.5, 0.6) is 0 Å². The fourth-order valence-corrected chi connectivity index (χ4v) is 5.41. The van der Waals surface area contributed by atoms with Crippen molar-refractivity contribution in [3.63, 3.8) is 0 Å². The van der Waals surface area contributed by atoms with Gasteiger partial charge in [0.05, 0.1) is 17.1 Å². The smallest absolute Gasteiger partial charge is 0.153 e. The minimum atomic E-state index is -3.06. The number of nitrogens with two attached hydrogens (primary N) is 1. The lowest BCUT2D eigenvalue weighted by atomic mass is 9.69. The highest BCUT2D eigenvalue weighted by molar-refractivity contribution is 7.91. The van der Waals surface area contributed by atoms with Crippen LogP contribution in [0.15, 0.2) is 0 Å². The fourth-order valence-electron chi connectivity index (χ4n) is 3.44. The van der Waals surface area contributed by atoms with Gasteiger partial charge in [0.2, 0.25) is 0 Å². The van der Waals surface area contributed by atoms with E-state index in [1.807, 2.05) is 0 Å². The molecule has 0 aromatic heterocycles. The van der Waals surface area contributed by atoms with Crippen molar-refractivity contribution in [1.29, 1.82) is 0 Å². The zero-order chi connectivity index (χ0) is 12.0. The molecule has 94 valence electrons.